The van der Waals surface area contributed by atoms with Gasteiger partial charge in [-0.3, -0.25) is 4.79 Å². The molecule has 0 atom stereocenters. The van der Waals surface area contributed by atoms with Crippen molar-refractivity contribution in [1.29, 1.82) is 0 Å². The van der Waals surface area contributed by atoms with Crippen molar-refractivity contribution >= 4 is 17.0 Å². The number of hydrogen-bond donors (Lipinski definition) is 1. The zero-order valence-corrected chi connectivity index (χ0v) is 10.2. The first-order valence-electron chi connectivity index (χ1n) is 5.73. The quantitative estimate of drug-likeness (QED) is 0.834. The van der Waals surface area contributed by atoms with Crippen molar-refractivity contribution in [1.82, 2.24) is 9.55 Å². The molecule has 0 aliphatic rings. The van der Waals surface area contributed by atoms with Crippen LogP contribution < -0.4 is 0 Å². The van der Waals surface area contributed by atoms with Crippen LogP contribution in [0.25, 0.3) is 11.0 Å². The Hall–Kier alpha value is -2.28. The van der Waals surface area contributed by atoms with E-state index >= 15 is 0 Å². The second-order valence-corrected chi connectivity index (χ2v) is 4.20. The Balaban J connectivity index is 2.47. The van der Waals surface area contributed by atoms with Gasteiger partial charge in [0.05, 0.1) is 24.0 Å². The van der Waals surface area contributed by atoms with E-state index in [1.165, 1.54) is 0 Å². The molecule has 1 N–H and O–H groups in total. The number of aliphatic carboxylic acids is 1. The van der Waals surface area contributed by atoms with Crippen LogP contribution in [0, 0.1) is 19.3 Å². The number of terminal acetylenes is 1. The maximum Gasteiger partial charge on any atom is 0.303 e. The monoisotopic (exact) mass is 242 g/mol. The number of benzene rings is 1. The first kappa shape index (κ1) is 12.2. The van der Waals surface area contributed by atoms with Crippen LogP contribution in [0.15, 0.2) is 18.2 Å². The van der Waals surface area contributed by atoms with Crippen molar-refractivity contribution < 1.29 is 9.90 Å². The van der Waals surface area contributed by atoms with Crippen molar-refractivity contribution in [2.45, 2.75) is 26.3 Å². The van der Waals surface area contributed by atoms with Gasteiger partial charge in [0.2, 0.25) is 0 Å². The fourth-order valence-electron chi connectivity index (χ4n) is 1.97. The summed E-state index contributed by atoms with van der Waals surface area (Å²) in [5.74, 6) is 2.48. The third kappa shape index (κ3) is 2.35. The van der Waals surface area contributed by atoms with Gasteiger partial charge < -0.3 is 9.67 Å². The summed E-state index contributed by atoms with van der Waals surface area (Å²) >= 11 is 0. The summed E-state index contributed by atoms with van der Waals surface area (Å²) in [6.07, 6.45) is 5.81. The Morgan fingerprint density at radius 1 is 1.56 bits per heavy atom. The first-order chi connectivity index (χ1) is 8.61. The second kappa shape index (κ2) is 4.92. The maximum absolute atomic E-state index is 10.6. The average molecular weight is 242 g/mol. The molecule has 0 fully saturated rings. The number of carbonyl (C=O) groups is 1. The molecule has 2 aromatic rings. The SMILES string of the molecule is C#CCn1c(CCC(=O)O)nc2cc(C)ccc21. The molecule has 1 aromatic heterocycles. The van der Waals surface area contributed by atoms with Gasteiger partial charge in [0.25, 0.3) is 0 Å². The molecule has 0 bridgehead atoms. The second-order valence-electron chi connectivity index (χ2n) is 4.20. The highest BCUT2D eigenvalue weighted by Gasteiger charge is 2.11. The molecule has 18 heavy (non-hydrogen) atoms. The molecule has 1 aromatic carbocycles. The van der Waals surface area contributed by atoms with Gasteiger partial charge in [-0.05, 0) is 24.6 Å². The van der Waals surface area contributed by atoms with Crippen LogP contribution in [-0.4, -0.2) is 20.6 Å². The van der Waals surface area contributed by atoms with Gasteiger partial charge >= 0.3 is 5.97 Å². The third-order valence-electron chi connectivity index (χ3n) is 2.79. The zero-order chi connectivity index (χ0) is 13.1. The molecule has 92 valence electrons. The lowest BCUT2D eigenvalue weighted by Gasteiger charge is -2.04. The van der Waals surface area contributed by atoms with Crippen molar-refractivity contribution in [2.75, 3.05) is 0 Å². The molecule has 0 spiro atoms. The predicted molar refractivity (Wildman–Crippen MR) is 69.3 cm³/mol. The zero-order valence-electron chi connectivity index (χ0n) is 10.2. The number of hydrogen-bond acceptors (Lipinski definition) is 2. The van der Waals surface area contributed by atoms with Gasteiger partial charge in [-0.25, -0.2) is 4.98 Å². The minimum atomic E-state index is -0.828. The molecule has 0 saturated heterocycles. The molecule has 0 unspecified atom stereocenters. The molecule has 4 heteroatoms. The Morgan fingerprint density at radius 3 is 3.00 bits per heavy atom. The fraction of sp³-hybridized carbons (Fsp3) is 0.286. The predicted octanol–water partition coefficient (Wildman–Crippen LogP) is 2.00. The van der Waals surface area contributed by atoms with Crippen LogP contribution in [0.5, 0.6) is 0 Å². The highest BCUT2D eigenvalue weighted by molar-refractivity contribution is 5.77. The van der Waals surface area contributed by atoms with Crippen molar-refractivity contribution in [3.05, 3.63) is 29.6 Å². The standard InChI is InChI=1S/C14H14N2O2/c1-3-8-16-12-5-4-10(2)9-11(12)15-13(16)6-7-14(17)18/h1,4-5,9H,6-8H2,2H3,(H,17,18). The minimum absolute atomic E-state index is 0.0624. The van der Waals surface area contributed by atoms with E-state index in [0.717, 1.165) is 22.4 Å². The van der Waals surface area contributed by atoms with E-state index in [1.54, 1.807) is 0 Å². The van der Waals surface area contributed by atoms with E-state index in [4.69, 9.17) is 11.5 Å². The summed E-state index contributed by atoms with van der Waals surface area (Å²) in [6.45, 7) is 2.41. The number of fused-ring (bicyclic) bond motifs is 1. The smallest absolute Gasteiger partial charge is 0.303 e. The van der Waals surface area contributed by atoms with Crippen molar-refractivity contribution in [3.8, 4) is 12.3 Å². The summed E-state index contributed by atoms with van der Waals surface area (Å²) in [4.78, 5) is 15.1. The van der Waals surface area contributed by atoms with Crippen LogP contribution in [0.1, 0.15) is 17.8 Å². The lowest BCUT2D eigenvalue weighted by atomic mass is 10.2. The van der Waals surface area contributed by atoms with E-state index in [0.29, 0.717) is 13.0 Å². The molecule has 0 amide bonds. The number of aromatic nitrogens is 2. The minimum Gasteiger partial charge on any atom is -0.481 e. The topological polar surface area (TPSA) is 55.1 Å². The molecular weight excluding hydrogens is 228 g/mol. The van der Waals surface area contributed by atoms with Crippen LogP contribution in [0.4, 0.5) is 0 Å². The van der Waals surface area contributed by atoms with Gasteiger partial charge in [0, 0.05) is 6.42 Å². The molecule has 4 nitrogen and oxygen atoms in total. The number of imidazole rings is 1. The van der Waals surface area contributed by atoms with Crippen molar-refractivity contribution in [2.24, 2.45) is 0 Å². The van der Waals surface area contributed by atoms with E-state index in [9.17, 15) is 4.79 Å². The lowest BCUT2D eigenvalue weighted by molar-refractivity contribution is -0.137. The average Bonchev–Trinajstić information content (AvgIpc) is 2.64. The van der Waals surface area contributed by atoms with Gasteiger partial charge in [0.1, 0.15) is 5.82 Å². The van der Waals surface area contributed by atoms with E-state index in [2.05, 4.69) is 10.9 Å². The van der Waals surface area contributed by atoms with Crippen LogP contribution >= 0.6 is 0 Å². The number of rotatable bonds is 4. The van der Waals surface area contributed by atoms with E-state index in [-0.39, 0.29) is 6.42 Å². The van der Waals surface area contributed by atoms with Gasteiger partial charge in [0.15, 0.2) is 0 Å². The molecule has 0 saturated carbocycles. The Kier molecular flexibility index (Phi) is 3.33. The highest BCUT2D eigenvalue weighted by Crippen LogP contribution is 2.18. The summed E-state index contributed by atoms with van der Waals surface area (Å²) < 4.78 is 1.90. The summed E-state index contributed by atoms with van der Waals surface area (Å²) in [5.41, 5.74) is 2.95. The van der Waals surface area contributed by atoms with Crippen molar-refractivity contribution in [3.63, 3.8) is 0 Å². The number of carboxylic acids is 1. The van der Waals surface area contributed by atoms with E-state index in [1.807, 2.05) is 29.7 Å². The van der Waals surface area contributed by atoms with Gasteiger partial charge in [-0.2, -0.15) is 0 Å². The largest absolute Gasteiger partial charge is 0.481 e. The lowest BCUT2D eigenvalue weighted by Crippen LogP contribution is -2.06. The van der Waals surface area contributed by atoms with Gasteiger partial charge in [-0.15, -0.1) is 6.42 Å². The molecule has 2 rings (SSSR count). The van der Waals surface area contributed by atoms with Crippen LogP contribution in [0.2, 0.25) is 0 Å². The fourth-order valence-corrected chi connectivity index (χ4v) is 1.97. The number of carboxylic acid groups (broad SMARTS) is 1. The molecule has 0 aliphatic heterocycles. The third-order valence-corrected chi connectivity index (χ3v) is 2.79. The first-order valence-corrected chi connectivity index (χ1v) is 5.73. The highest BCUT2D eigenvalue weighted by atomic mass is 16.4. The van der Waals surface area contributed by atoms with Crippen LogP contribution in [0.3, 0.4) is 0 Å². The van der Waals surface area contributed by atoms with Crippen LogP contribution in [-0.2, 0) is 17.8 Å². The Morgan fingerprint density at radius 2 is 2.33 bits per heavy atom. The summed E-state index contributed by atoms with van der Waals surface area (Å²) in [7, 11) is 0. The number of aryl methyl sites for hydroxylation is 2. The molecule has 0 radical (unpaired) electrons. The summed E-state index contributed by atoms with van der Waals surface area (Å²) in [6, 6.07) is 5.95. The molecule has 1 heterocycles. The summed E-state index contributed by atoms with van der Waals surface area (Å²) in [5, 5.41) is 8.74. The molecule has 0 aliphatic carbocycles. The van der Waals surface area contributed by atoms with Gasteiger partial charge in [-0.1, -0.05) is 12.0 Å². The number of nitrogens with zero attached hydrogens (tertiary/aromatic N) is 2. The Labute approximate surface area is 105 Å². The maximum atomic E-state index is 10.6. The van der Waals surface area contributed by atoms with E-state index < -0.39 is 5.97 Å². The normalized spacial score (nSPS) is 10.4. The molecular formula is C14H14N2O2. The Bertz CT molecular complexity index is 635.